The molecular formula is C12H14N2O3. The molecule has 0 bridgehead atoms. The van der Waals surface area contributed by atoms with Crippen LogP contribution in [-0.4, -0.2) is 30.1 Å². The van der Waals surface area contributed by atoms with E-state index in [2.05, 4.69) is 17.2 Å². The standard InChI is InChI=1S/C12H14N2O3/c1-2-11(16)14-10-5-3-9(4-6-10)12(17)13-7-8-15/h2-6,15H,1,7-8H2,(H,13,17)(H,14,16). The van der Waals surface area contributed by atoms with Gasteiger partial charge < -0.3 is 15.7 Å². The Morgan fingerprint density at radius 2 is 1.94 bits per heavy atom. The first-order chi connectivity index (χ1) is 8.17. The minimum atomic E-state index is -0.303. The molecule has 0 fully saturated rings. The molecule has 90 valence electrons. The van der Waals surface area contributed by atoms with Gasteiger partial charge in [0.25, 0.3) is 5.91 Å². The van der Waals surface area contributed by atoms with Crippen molar-refractivity contribution >= 4 is 17.5 Å². The van der Waals surface area contributed by atoms with E-state index in [1.807, 2.05) is 0 Å². The summed E-state index contributed by atoms with van der Waals surface area (Å²) in [7, 11) is 0. The van der Waals surface area contributed by atoms with Crippen LogP contribution >= 0.6 is 0 Å². The maximum atomic E-state index is 11.5. The van der Waals surface area contributed by atoms with Crippen LogP contribution in [0.4, 0.5) is 5.69 Å². The Balaban J connectivity index is 2.64. The highest BCUT2D eigenvalue weighted by Gasteiger charge is 2.04. The smallest absolute Gasteiger partial charge is 0.251 e. The lowest BCUT2D eigenvalue weighted by Crippen LogP contribution is -2.26. The topological polar surface area (TPSA) is 78.4 Å². The molecule has 0 atom stereocenters. The Morgan fingerprint density at radius 1 is 1.29 bits per heavy atom. The van der Waals surface area contributed by atoms with E-state index in [0.717, 1.165) is 0 Å². The Hall–Kier alpha value is -2.14. The van der Waals surface area contributed by atoms with Crippen molar-refractivity contribution < 1.29 is 14.7 Å². The fourth-order valence-electron chi connectivity index (χ4n) is 1.17. The summed E-state index contributed by atoms with van der Waals surface area (Å²) < 4.78 is 0. The first-order valence-corrected chi connectivity index (χ1v) is 5.10. The normalized spacial score (nSPS) is 9.47. The van der Waals surface area contributed by atoms with Crippen molar-refractivity contribution in [1.82, 2.24) is 5.32 Å². The monoisotopic (exact) mass is 234 g/mol. The molecule has 0 aromatic heterocycles. The Bertz CT molecular complexity index is 412. The largest absolute Gasteiger partial charge is 0.395 e. The zero-order valence-electron chi connectivity index (χ0n) is 9.27. The first kappa shape index (κ1) is 12.9. The second-order valence-corrected chi connectivity index (χ2v) is 3.25. The molecule has 0 aliphatic rings. The van der Waals surface area contributed by atoms with Crippen molar-refractivity contribution in [3.63, 3.8) is 0 Å². The summed E-state index contributed by atoms with van der Waals surface area (Å²) in [4.78, 5) is 22.5. The van der Waals surface area contributed by atoms with Crippen LogP contribution in [0.3, 0.4) is 0 Å². The maximum Gasteiger partial charge on any atom is 0.251 e. The van der Waals surface area contributed by atoms with Crippen molar-refractivity contribution in [3.8, 4) is 0 Å². The van der Waals surface area contributed by atoms with Crippen LogP contribution in [0.25, 0.3) is 0 Å². The van der Waals surface area contributed by atoms with E-state index in [0.29, 0.717) is 11.3 Å². The Morgan fingerprint density at radius 3 is 2.47 bits per heavy atom. The summed E-state index contributed by atoms with van der Waals surface area (Å²) in [6, 6.07) is 6.42. The van der Waals surface area contributed by atoms with E-state index in [1.54, 1.807) is 24.3 Å². The van der Waals surface area contributed by atoms with Crippen LogP contribution in [-0.2, 0) is 4.79 Å². The van der Waals surface area contributed by atoms with Crippen LogP contribution in [0.5, 0.6) is 0 Å². The summed E-state index contributed by atoms with van der Waals surface area (Å²) >= 11 is 0. The molecule has 0 unspecified atom stereocenters. The fourth-order valence-corrected chi connectivity index (χ4v) is 1.17. The third kappa shape index (κ3) is 4.08. The molecule has 0 spiro atoms. The number of anilines is 1. The molecule has 17 heavy (non-hydrogen) atoms. The van der Waals surface area contributed by atoms with Crippen molar-refractivity contribution in [2.45, 2.75) is 0 Å². The van der Waals surface area contributed by atoms with Gasteiger partial charge in [-0.15, -0.1) is 0 Å². The highest BCUT2D eigenvalue weighted by Crippen LogP contribution is 2.09. The third-order valence-electron chi connectivity index (χ3n) is 2.00. The van der Waals surface area contributed by atoms with Gasteiger partial charge in [0.15, 0.2) is 0 Å². The minimum Gasteiger partial charge on any atom is -0.395 e. The molecule has 0 aliphatic heterocycles. The lowest BCUT2D eigenvalue weighted by atomic mass is 10.2. The molecule has 1 aromatic carbocycles. The molecule has 5 nitrogen and oxygen atoms in total. The average molecular weight is 234 g/mol. The molecular weight excluding hydrogens is 220 g/mol. The Labute approximate surface area is 99.1 Å². The van der Waals surface area contributed by atoms with Crippen LogP contribution in [0.2, 0.25) is 0 Å². The van der Waals surface area contributed by atoms with Crippen molar-refractivity contribution in [1.29, 1.82) is 0 Å². The fraction of sp³-hybridized carbons (Fsp3) is 0.167. The van der Waals surface area contributed by atoms with E-state index >= 15 is 0 Å². The van der Waals surface area contributed by atoms with Gasteiger partial charge in [-0.3, -0.25) is 9.59 Å². The lowest BCUT2D eigenvalue weighted by Gasteiger charge is -2.05. The highest BCUT2D eigenvalue weighted by molar-refractivity contribution is 5.99. The van der Waals surface area contributed by atoms with E-state index in [4.69, 9.17) is 5.11 Å². The predicted octanol–water partition coefficient (Wildman–Crippen LogP) is 0.533. The number of carbonyl (C=O) groups excluding carboxylic acids is 2. The summed E-state index contributed by atoms with van der Waals surface area (Å²) in [5, 5.41) is 13.7. The molecule has 0 saturated carbocycles. The molecule has 0 aliphatic carbocycles. The summed E-state index contributed by atoms with van der Waals surface area (Å²) in [5.74, 6) is -0.567. The SMILES string of the molecule is C=CC(=O)Nc1ccc(C(=O)NCCO)cc1. The molecule has 1 rings (SSSR count). The van der Waals surface area contributed by atoms with E-state index in [9.17, 15) is 9.59 Å². The van der Waals surface area contributed by atoms with Gasteiger partial charge in [-0.2, -0.15) is 0 Å². The highest BCUT2D eigenvalue weighted by atomic mass is 16.3. The summed E-state index contributed by atoms with van der Waals surface area (Å²) in [5.41, 5.74) is 1.06. The van der Waals surface area contributed by atoms with Gasteiger partial charge >= 0.3 is 0 Å². The van der Waals surface area contributed by atoms with E-state index in [1.165, 1.54) is 6.08 Å². The third-order valence-corrected chi connectivity index (χ3v) is 2.00. The van der Waals surface area contributed by atoms with Crippen LogP contribution in [0.1, 0.15) is 10.4 Å². The molecule has 0 heterocycles. The van der Waals surface area contributed by atoms with Crippen molar-refractivity contribution in [2.24, 2.45) is 0 Å². The number of nitrogens with one attached hydrogen (secondary N) is 2. The molecule has 1 aromatic rings. The van der Waals surface area contributed by atoms with Crippen LogP contribution < -0.4 is 10.6 Å². The van der Waals surface area contributed by atoms with Crippen LogP contribution in [0, 0.1) is 0 Å². The van der Waals surface area contributed by atoms with E-state index in [-0.39, 0.29) is 25.0 Å². The Kier molecular flexibility index (Phi) is 4.90. The molecule has 0 radical (unpaired) electrons. The summed E-state index contributed by atoms with van der Waals surface area (Å²) in [6.45, 7) is 3.45. The number of aliphatic hydroxyl groups excluding tert-OH is 1. The second kappa shape index (κ2) is 6.44. The maximum absolute atomic E-state index is 11.5. The van der Waals surface area contributed by atoms with Gasteiger partial charge in [0.05, 0.1) is 6.61 Å². The summed E-state index contributed by atoms with van der Waals surface area (Å²) in [6.07, 6.45) is 1.17. The van der Waals surface area contributed by atoms with Crippen LogP contribution in [0.15, 0.2) is 36.9 Å². The number of aliphatic hydroxyl groups is 1. The molecule has 3 N–H and O–H groups in total. The minimum absolute atomic E-state index is 0.0980. The van der Waals surface area contributed by atoms with Gasteiger partial charge in [0.1, 0.15) is 0 Å². The number of hydrogen-bond donors (Lipinski definition) is 3. The van der Waals surface area contributed by atoms with Gasteiger partial charge in [0, 0.05) is 17.8 Å². The van der Waals surface area contributed by atoms with Crippen molar-refractivity contribution in [3.05, 3.63) is 42.5 Å². The number of benzene rings is 1. The quantitative estimate of drug-likeness (QED) is 0.650. The first-order valence-electron chi connectivity index (χ1n) is 5.10. The van der Waals surface area contributed by atoms with Crippen molar-refractivity contribution in [2.75, 3.05) is 18.5 Å². The zero-order chi connectivity index (χ0) is 12.7. The number of hydrogen-bond acceptors (Lipinski definition) is 3. The number of carbonyl (C=O) groups is 2. The van der Waals surface area contributed by atoms with Gasteiger partial charge in [-0.05, 0) is 30.3 Å². The number of rotatable bonds is 5. The average Bonchev–Trinajstić information content (AvgIpc) is 2.36. The van der Waals surface area contributed by atoms with Gasteiger partial charge in [-0.1, -0.05) is 6.58 Å². The van der Waals surface area contributed by atoms with Gasteiger partial charge in [0.2, 0.25) is 5.91 Å². The molecule has 5 heteroatoms. The lowest BCUT2D eigenvalue weighted by molar-refractivity contribution is -0.111. The second-order valence-electron chi connectivity index (χ2n) is 3.25. The molecule has 2 amide bonds. The molecule has 0 saturated heterocycles. The predicted molar refractivity (Wildman–Crippen MR) is 64.7 cm³/mol. The zero-order valence-corrected chi connectivity index (χ0v) is 9.27. The van der Waals surface area contributed by atoms with E-state index < -0.39 is 0 Å². The number of amides is 2. The van der Waals surface area contributed by atoms with Gasteiger partial charge in [-0.25, -0.2) is 0 Å².